The molecular formula is C22H29FN2OS. The Hall–Kier alpha value is -1.72. The average Bonchev–Trinajstić information content (AvgIpc) is 3.15. The zero-order valence-electron chi connectivity index (χ0n) is 16.2. The molecule has 0 bridgehead atoms. The van der Waals surface area contributed by atoms with Gasteiger partial charge in [-0.05, 0) is 80.8 Å². The number of rotatable bonds is 7. The van der Waals surface area contributed by atoms with Crippen molar-refractivity contribution in [1.82, 2.24) is 10.2 Å². The van der Waals surface area contributed by atoms with Crippen molar-refractivity contribution in [2.24, 2.45) is 11.8 Å². The fourth-order valence-electron chi connectivity index (χ4n) is 4.25. The van der Waals surface area contributed by atoms with Gasteiger partial charge in [-0.3, -0.25) is 4.79 Å². The van der Waals surface area contributed by atoms with Gasteiger partial charge in [-0.25, -0.2) is 4.39 Å². The van der Waals surface area contributed by atoms with Gasteiger partial charge in [0.1, 0.15) is 5.82 Å². The molecule has 2 aromatic rings. The quantitative estimate of drug-likeness (QED) is 0.748. The average molecular weight is 389 g/mol. The predicted octanol–water partition coefficient (Wildman–Crippen LogP) is 4.66. The van der Waals surface area contributed by atoms with Gasteiger partial charge in [0.05, 0.1) is 6.42 Å². The molecule has 1 fully saturated rings. The third kappa shape index (κ3) is 5.63. The normalized spacial score (nSPS) is 21.2. The Bertz CT molecular complexity index is 706. The van der Waals surface area contributed by atoms with Gasteiger partial charge >= 0.3 is 0 Å². The molecule has 0 radical (unpaired) electrons. The molecule has 1 heterocycles. The molecule has 146 valence electrons. The van der Waals surface area contributed by atoms with Gasteiger partial charge < -0.3 is 10.2 Å². The van der Waals surface area contributed by atoms with Crippen LogP contribution in [-0.4, -0.2) is 31.4 Å². The molecule has 1 saturated carbocycles. The van der Waals surface area contributed by atoms with Crippen molar-refractivity contribution in [2.45, 2.75) is 38.1 Å². The van der Waals surface area contributed by atoms with E-state index in [-0.39, 0.29) is 11.7 Å². The first-order valence-corrected chi connectivity index (χ1v) is 10.6. The van der Waals surface area contributed by atoms with Crippen LogP contribution in [0.25, 0.3) is 0 Å². The smallest absolute Gasteiger partial charge is 0.225 e. The molecule has 0 spiro atoms. The molecule has 0 aliphatic heterocycles. The summed E-state index contributed by atoms with van der Waals surface area (Å²) in [7, 11) is 4.20. The minimum Gasteiger partial charge on any atom is -0.356 e. The lowest BCUT2D eigenvalue weighted by atomic mass is 9.76. The third-order valence-electron chi connectivity index (χ3n) is 5.61. The fraction of sp³-hybridized carbons (Fsp3) is 0.500. The van der Waals surface area contributed by atoms with E-state index in [1.807, 2.05) is 29.6 Å². The van der Waals surface area contributed by atoms with Crippen molar-refractivity contribution in [3.05, 3.63) is 58.0 Å². The lowest BCUT2D eigenvalue weighted by Gasteiger charge is -2.37. The minimum atomic E-state index is -0.182. The number of nitrogens with zero attached hydrogens (tertiary/aromatic N) is 1. The first-order chi connectivity index (χ1) is 13.0. The molecule has 1 amide bonds. The molecule has 0 saturated heterocycles. The topological polar surface area (TPSA) is 32.3 Å². The molecular weight excluding hydrogens is 359 g/mol. The maximum atomic E-state index is 13.3. The molecule has 1 aliphatic carbocycles. The van der Waals surface area contributed by atoms with Gasteiger partial charge in [0.2, 0.25) is 5.91 Å². The highest BCUT2D eigenvalue weighted by Gasteiger charge is 2.30. The Labute approximate surface area is 165 Å². The Morgan fingerprint density at radius 1 is 1.19 bits per heavy atom. The molecule has 1 aromatic carbocycles. The Morgan fingerprint density at radius 3 is 2.48 bits per heavy atom. The van der Waals surface area contributed by atoms with Gasteiger partial charge in [0.15, 0.2) is 0 Å². The van der Waals surface area contributed by atoms with E-state index in [1.54, 1.807) is 23.5 Å². The first kappa shape index (κ1) is 20.0. The van der Waals surface area contributed by atoms with Gasteiger partial charge in [-0.1, -0.05) is 18.2 Å². The number of nitrogens with one attached hydrogen (secondary N) is 1. The van der Waals surface area contributed by atoms with Crippen LogP contribution in [0, 0.1) is 17.7 Å². The van der Waals surface area contributed by atoms with Crippen LogP contribution in [0.15, 0.2) is 41.8 Å². The van der Waals surface area contributed by atoms with Gasteiger partial charge in [-0.15, -0.1) is 11.3 Å². The van der Waals surface area contributed by atoms with Crippen LogP contribution in [0.3, 0.4) is 0 Å². The van der Waals surface area contributed by atoms with E-state index in [1.165, 1.54) is 5.56 Å². The summed E-state index contributed by atoms with van der Waals surface area (Å²) in [4.78, 5) is 15.5. The first-order valence-electron chi connectivity index (χ1n) is 9.74. The second-order valence-electron chi connectivity index (χ2n) is 7.80. The van der Waals surface area contributed by atoms with Gasteiger partial charge in [-0.2, -0.15) is 0 Å². The standard InChI is InChI=1S/C22H29FN2OS/c1-25(2)22(18-9-11-19(23)12-10-18)17-7-5-16(6-8-17)15-24-21(26)14-20-4-3-13-27-20/h3-4,9-13,16-17,22H,5-8,14-15H2,1-2H3,(H,24,26). The number of thiophene rings is 1. The van der Waals surface area contributed by atoms with Crippen LogP contribution in [0.2, 0.25) is 0 Å². The Kier molecular flexibility index (Phi) is 7.02. The molecule has 3 rings (SSSR count). The van der Waals surface area contributed by atoms with Crippen LogP contribution in [0.4, 0.5) is 4.39 Å². The van der Waals surface area contributed by atoms with E-state index in [2.05, 4.69) is 24.3 Å². The highest BCUT2D eigenvalue weighted by Crippen LogP contribution is 2.39. The summed E-state index contributed by atoms with van der Waals surface area (Å²) >= 11 is 1.63. The van der Waals surface area contributed by atoms with Crippen LogP contribution >= 0.6 is 11.3 Å². The Morgan fingerprint density at radius 2 is 1.89 bits per heavy atom. The molecule has 1 unspecified atom stereocenters. The monoisotopic (exact) mass is 388 g/mol. The SMILES string of the molecule is CN(C)C(c1ccc(F)cc1)C1CCC(CNC(=O)Cc2cccs2)CC1. The zero-order valence-corrected chi connectivity index (χ0v) is 17.0. The summed E-state index contributed by atoms with van der Waals surface area (Å²) in [6.07, 6.45) is 5.04. The maximum Gasteiger partial charge on any atom is 0.225 e. The predicted molar refractivity (Wildman–Crippen MR) is 109 cm³/mol. The van der Waals surface area contributed by atoms with E-state index >= 15 is 0 Å². The Balaban J connectivity index is 1.48. The molecule has 1 atom stereocenters. The number of amides is 1. The molecule has 1 aliphatic rings. The van der Waals surface area contributed by atoms with Crippen LogP contribution < -0.4 is 5.32 Å². The van der Waals surface area contributed by atoms with Gasteiger partial charge in [0, 0.05) is 17.5 Å². The fourth-order valence-corrected chi connectivity index (χ4v) is 4.96. The highest BCUT2D eigenvalue weighted by atomic mass is 32.1. The van der Waals surface area contributed by atoms with Gasteiger partial charge in [0.25, 0.3) is 0 Å². The summed E-state index contributed by atoms with van der Waals surface area (Å²) in [6, 6.07) is 11.2. The second-order valence-corrected chi connectivity index (χ2v) is 8.83. The number of carbonyl (C=O) groups excluding carboxylic acids is 1. The number of hydrogen-bond donors (Lipinski definition) is 1. The molecule has 1 N–H and O–H groups in total. The molecule has 5 heteroatoms. The number of carbonyl (C=O) groups is 1. The molecule has 27 heavy (non-hydrogen) atoms. The van der Waals surface area contributed by atoms with Crippen molar-refractivity contribution in [3.63, 3.8) is 0 Å². The summed E-state index contributed by atoms with van der Waals surface area (Å²) < 4.78 is 13.3. The van der Waals surface area contributed by atoms with Crippen molar-refractivity contribution in [3.8, 4) is 0 Å². The third-order valence-corrected chi connectivity index (χ3v) is 6.48. The second kappa shape index (κ2) is 9.47. The molecule has 1 aromatic heterocycles. The lowest BCUT2D eigenvalue weighted by Crippen LogP contribution is -2.35. The van der Waals surface area contributed by atoms with E-state index in [0.717, 1.165) is 37.1 Å². The van der Waals surface area contributed by atoms with Crippen molar-refractivity contribution in [1.29, 1.82) is 0 Å². The van der Waals surface area contributed by atoms with Crippen molar-refractivity contribution >= 4 is 17.2 Å². The maximum absolute atomic E-state index is 13.3. The van der Waals surface area contributed by atoms with Crippen molar-refractivity contribution < 1.29 is 9.18 Å². The minimum absolute atomic E-state index is 0.122. The van der Waals surface area contributed by atoms with Crippen LogP contribution in [0.1, 0.15) is 42.2 Å². The summed E-state index contributed by atoms with van der Waals surface area (Å²) in [5, 5.41) is 5.12. The number of hydrogen-bond acceptors (Lipinski definition) is 3. The van der Waals surface area contributed by atoms with E-state index in [0.29, 0.717) is 24.3 Å². The van der Waals surface area contributed by atoms with E-state index in [9.17, 15) is 9.18 Å². The highest BCUT2D eigenvalue weighted by molar-refractivity contribution is 7.10. The summed E-state index contributed by atoms with van der Waals surface area (Å²) in [5.41, 5.74) is 1.19. The number of halogens is 1. The van der Waals surface area contributed by atoms with Crippen molar-refractivity contribution in [2.75, 3.05) is 20.6 Å². The lowest BCUT2D eigenvalue weighted by molar-refractivity contribution is -0.120. The van der Waals surface area contributed by atoms with Crippen LogP contribution in [-0.2, 0) is 11.2 Å². The number of benzene rings is 1. The molecule has 3 nitrogen and oxygen atoms in total. The van der Waals surface area contributed by atoms with Crippen LogP contribution in [0.5, 0.6) is 0 Å². The van der Waals surface area contributed by atoms with E-state index < -0.39 is 0 Å². The summed E-state index contributed by atoms with van der Waals surface area (Å²) in [5.74, 6) is 1.07. The zero-order chi connectivity index (χ0) is 19.2. The summed E-state index contributed by atoms with van der Waals surface area (Å²) in [6.45, 7) is 0.778. The largest absolute Gasteiger partial charge is 0.356 e. The van der Waals surface area contributed by atoms with E-state index in [4.69, 9.17) is 0 Å².